The summed E-state index contributed by atoms with van der Waals surface area (Å²) in [5.41, 5.74) is -0.658. The first-order valence-electron chi connectivity index (χ1n) is 7.33. The number of nitrogens with one attached hydrogen (secondary N) is 1. The number of piperazine rings is 1. The Morgan fingerprint density at radius 3 is 2.63 bits per heavy atom. The van der Waals surface area contributed by atoms with E-state index in [1.54, 1.807) is 4.90 Å². The summed E-state index contributed by atoms with van der Waals surface area (Å²) in [6.07, 6.45) is 5.04. The second kappa shape index (κ2) is 6.16. The monoisotopic (exact) mass is 284 g/mol. The van der Waals surface area contributed by atoms with Crippen molar-refractivity contribution in [2.75, 3.05) is 18.8 Å². The molecule has 0 bridgehead atoms. The third-order valence-corrected chi connectivity index (χ3v) is 5.70. The minimum absolute atomic E-state index is 0.0101. The van der Waals surface area contributed by atoms with Crippen molar-refractivity contribution in [1.82, 2.24) is 10.2 Å². The molecular formula is C14H24N2O2S. The first kappa shape index (κ1) is 14.7. The van der Waals surface area contributed by atoms with E-state index in [0.29, 0.717) is 18.1 Å². The zero-order valence-electron chi connectivity index (χ0n) is 11.9. The van der Waals surface area contributed by atoms with Crippen molar-refractivity contribution in [1.29, 1.82) is 0 Å². The molecule has 1 N–H and O–H groups in total. The summed E-state index contributed by atoms with van der Waals surface area (Å²) < 4.78 is 0. The lowest BCUT2D eigenvalue weighted by atomic mass is 9.89. The van der Waals surface area contributed by atoms with Gasteiger partial charge in [0.1, 0.15) is 5.54 Å². The molecule has 2 aliphatic rings. The van der Waals surface area contributed by atoms with Crippen molar-refractivity contribution < 1.29 is 9.59 Å². The van der Waals surface area contributed by atoms with E-state index in [2.05, 4.69) is 5.32 Å². The van der Waals surface area contributed by atoms with Crippen LogP contribution in [-0.4, -0.2) is 46.3 Å². The summed E-state index contributed by atoms with van der Waals surface area (Å²) >= 11 is 1.95. The van der Waals surface area contributed by atoms with E-state index >= 15 is 0 Å². The smallest absolute Gasteiger partial charge is 0.248 e. The van der Waals surface area contributed by atoms with Gasteiger partial charge in [0.15, 0.2) is 0 Å². The van der Waals surface area contributed by atoms with Crippen LogP contribution in [0.4, 0.5) is 0 Å². The van der Waals surface area contributed by atoms with Crippen molar-refractivity contribution in [3.63, 3.8) is 0 Å². The van der Waals surface area contributed by atoms with Gasteiger partial charge >= 0.3 is 0 Å². The lowest BCUT2D eigenvalue weighted by Gasteiger charge is -2.42. The van der Waals surface area contributed by atoms with Gasteiger partial charge in [-0.15, -0.1) is 0 Å². The highest BCUT2D eigenvalue weighted by Crippen LogP contribution is 2.28. The number of hydrogen-bond acceptors (Lipinski definition) is 3. The van der Waals surface area contributed by atoms with Crippen molar-refractivity contribution in [3.8, 4) is 0 Å². The maximum Gasteiger partial charge on any atom is 0.248 e. The highest BCUT2D eigenvalue weighted by molar-refractivity contribution is 7.99. The summed E-state index contributed by atoms with van der Waals surface area (Å²) in [5.74, 6) is 1.29. The SMILES string of the molecule is CCC1(CC)NC(=O)CN(CC2CCCCS2)C1=O. The quantitative estimate of drug-likeness (QED) is 0.856. The molecule has 0 aromatic heterocycles. The Morgan fingerprint density at radius 1 is 1.32 bits per heavy atom. The van der Waals surface area contributed by atoms with E-state index < -0.39 is 5.54 Å². The number of hydrogen-bond donors (Lipinski definition) is 1. The molecular weight excluding hydrogens is 260 g/mol. The Bertz CT molecular complexity index is 349. The van der Waals surface area contributed by atoms with E-state index in [4.69, 9.17) is 0 Å². The summed E-state index contributed by atoms with van der Waals surface area (Å²) in [6.45, 7) is 4.91. The van der Waals surface area contributed by atoms with E-state index in [-0.39, 0.29) is 18.4 Å². The molecule has 1 unspecified atom stereocenters. The fraction of sp³-hybridized carbons (Fsp3) is 0.857. The Kier molecular flexibility index (Phi) is 4.76. The molecule has 4 nitrogen and oxygen atoms in total. The van der Waals surface area contributed by atoms with Gasteiger partial charge in [0.25, 0.3) is 0 Å². The molecule has 0 aromatic carbocycles. The standard InChI is InChI=1S/C14H24N2O2S/c1-3-14(4-2)13(18)16(10-12(17)15-14)9-11-7-5-6-8-19-11/h11H,3-10H2,1-2H3,(H,15,17). The minimum Gasteiger partial charge on any atom is -0.340 e. The molecule has 2 amide bonds. The van der Waals surface area contributed by atoms with Crippen molar-refractivity contribution >= 4 is 23.6 Å². The Hall–Kier alpha value is -0.710. The Labute approximate surface area is 119 Å². The molecule has 19 heavy (non-hydrogen) atoms. The van der Waals surface area contributed by atoms with Gasteiger partial charge in [-0.1, -0.05) is 20.3 Å². The van der Waals surface area contributed by atoms with Gasteiger partial charge < -0.3 is 10.2 Å². The molecule has 0 aromatic rings. The van der Waals surface area contributed by atoms with E-state index in [1.807, 2.05) is 25.6 Å². The highest BCUT2D eigenvalue weighted by atomic mass is 32.2. The molecule has 5 heteroatoms. The number of rotatable bonds is 4. The van der Waals surface area contributed by atoms with Gasteiger partial charge in [-0.05, 0) is 31.4 Å². The Morgan fingerprint density at radius 2 is 2.05 bits per heavy atom. The van der Waals surface area contributed by atoms with Crippen LogP contribution >= 0.6 is 11.8 Å². The van der Waals surface area contributed by atoms with Gasteiger partial charge in [0.2, 0.25) is 11.8 Å². The summed E-state index contributed by atoms with van der Waals surface area (Å²) in [7, 11) is 0. The summed E-state index contributed by atoms with van der Waals surface area (Å²) in [5, 5.41) is 3.42. The van der Waals surface area contributed by atoms with Crippen molar-refractivity contribution in [3.05, 3.63) is 0 Å². The molecule has 2 saturated heterocycles. The average Bonchev–Trinajstić information content (AvgIpc) is 2.44. The van der Waals surface area contributed by atoms with Crippen LogP contribution in [0.5, 0.6) is 0 Å². The molecule has 0 spiro atoms. The molecule has 2 fully saturated rings. The lowest BCUT2D eigenvalue weighted by Crippen LogP contribution is -2.66. The number of nitrogens with zero attached hydrogens (tertiary/aromatic N) is 1. The molecule has 2 heterocycles. The minimum atomic E-state index is -0.658. The number of carbonyl (C=O) groups excluding carboxylic acids is 2. The molecule has 2 rings (SSSR count). The normalized spacial score (nSPS) is 27.3. The van der Waals surface area contributed by atoms with E-state index in [9.17, 15) is 9.59 Å². The number of thioether (sulfide) groups is 1. The molecule has 108 valence electrons. The third-order valence-electron chi connectivity index (χ3n) is 4.31. The number of carbonyl (C=O) groups is 2. The molecule has 0 aliphatic carbocycles. The highest BCUT2D eigenvalue weighted by Gasteiger charge is 2.44. The van der Waals surface area contributed by atoms with Crippen molar-refractivity contribution in [2.45, 2.75) is 56.7 Å². The maximum atomic E-state index is 12.6. The third kappa shape index (κ3) is 3.07. The second-order valence-corrected chi connectivity index (χ2v) is 6.92. The summed E-state index contributed by atoms with van der Waals surface area (Å²) in [4.78, 5) is 26.3. The van der Waals surface area contributed by atoms with Gasteiger partial charge in [-0.3, -0.25) is 9.59 Å². The van der Waals surface area contributed by atoms with Crippen molar-refractivity contribution in [2.24, 2.45) is 0 Å². The first-order chi connectivity index (χ1) is 9.11. The van der Waals surface area contributed by atoms with Crippen LogP contribution < -0.4 is 5.32 Å². The zero-order valence-corrected chi connectivity index (χ0v) is 12.7. The largest absolute Gasteiger partial charge is 0.340 e. The first-order valence-corrected chi connectivity index (χ1v) is 8.38. The molecule has 0 radical (unpaired) electrons. The molecule has 1 atom stereocenters. The average molecular weight is 284 g/mol. The predicted octanol–water partition coefficient (Wildman–Crippen LogP) is 1.79. The molecule has 0 saturated carbocycles. The topological polar surface area (TPSA) is 49.4 Å². The van der Waals surface area contributed by atoms with Crippen LogP contribution in [0.2, 0.25) is 0 Å². The van der Waals surface area contributed by atoms with Gasteiger partial charge in [0.05, 0.1) is 6.54 Å². The van der Waals surface area contributed by atoms with Crippen LogP contribution in [0.1, 0.15) is 46.0 Å². The number of amides is 2. The fourth-order valence-corrected chi connectivity index (χ4v) is 4.30. The van der Waals surface area contributed by atoms with E-state index in [1.165, 1.54) is 25.0 Å². The van der Waals surface area contributed by atoms with Crippen LogP contribution in [0.25, 0.3) is 0 Å². The predicted molar refractivity (Wildman–Crippen MR) is 78.1 cm³/mol. The summed E-state index contributed by atoms with van der Waals surface area (Å²) in [6, 6.07) is 0. The van der Waals surface area contributed by atoms with Crippen LogP contribution in [0.3, 0.4) is 0 Å². The molecule has 2 aliphatic heterocycles. The van der Waals surface area contributed by atoms with Crippen LogP contribution in [-0.2, 0) is 9.59 Å². The lowest BCUT2D eigenvalue weighted by molar-refractivity contribution is -0.150. The fourth-order valence-electron chi connectivity index (χ4n) is 2.98. The van der Waals surface area contributed by atoms with Gasteiger partial charge in [-0.25, -0.2) is 0 Å². The van der Waals surface area contributed by atoms with E-state index in [0.717, 1.165) is 6.54 Å². The van der Waals surface area contributed by atoms with Gasteiger partial charge in [-0.2, -0.15) is 11.8 Å². The van der Waals surface area contributed by atoms with Gasteiger partial charge in [0, 0.05) is 11.8 Å². The van der Waals surface area contributed by atoms with Crippen LogP contribution in [0, 0.1) is 0 Å². The van der Waals surface area contributed by atoms with Crippen LogP contribution in [0.15, 0.2) is 0 Å². The second-order valence-electron chi connectivity index (χ2n) is 5.51. The maximum absolute atomic E-state index is 12.6. The zero-order chi connectivity index (χ0) is 13.9. The Balaban J connectivity index is 2.06.